The number of anilines is 1. The summed E-state index contributed by atoms with van der Waals surface area (Å²) in [6, 6.07) is 13.5. The quantitative estimate of drug-likeness (QED) is 0.344. The molecule has 0 amide bonds. The second kappa shape index (κ2) is 8.48. The van der Waals surface area contributed by atoms with Gasteiger partial charge in [-0.2, -0.15) is 0 Å². The first kappa shape index (κ1) is 20.3. The van der Waals surface area contributed by atoms with E-state index in [0.717, 1.165) is 44.2 Å². The number of hydrogen-bond donors (Lipinski definition) is 4. The molecule has 5 rings (SSSR count). The number of para-hydroxylation sites is 2. The van der Waals surface area contributed by atoms with Crippen molar-refractivity contribution in [1.82, 2.24) is 25.3 Å². The molecule has 0 fully saturated rings. The lowest BCUT2D eigenvalue weighted by molar-refractivity contribution is 0.230. The minimum atomic E-state index is -0.962. The summed E-state index contributed by atoms with van der Waals surface area (Å²) in [6.45, 7) is 1.91. The molecule has 1 atom stereocenters. The van der Waals surface area contributed by atoms with Crippen LogP contribution >= 0.6 is 11.8 Å². The summed E-state index contributed by atoms with van der Waals surface area (Å²) in [4.78, 5) is 21.1. The van der Waals surface area contributed by atoms with E-state index in [1.54, 1.807) is 13.2 Å². The third-order valence-electron chi connectivity index (χ3n) is 4.95. The molecule has 0 radical (unpaired) electrons. The number of nitrogens with zero attached hydrogens (tertiary/aromatic N) is 4. The molecule has 0 saturated carbocycles. The van der Waals surface area contributed by atoms with Gasteiger partial charge in [-0.1, -0.05) is 23.9 Å². The van der Waals surface area contributed by atoms with E-state index < -0.39 is 6.23 Å². The van der Waals surface area contributed by atoms with Gasteiger partial charge in [0.25, 0.3) is 0 Å². The van der Waals surface area contributed by atoms with E-state index in [0.29, 0.717) is 17.7 Å². The second-order valence-electron chi connectivity index (χ2n) is 7.20. The number of aliphatic hydroxyl groups is 1. The smallest absolute Gasteiger partial charge is 0.230 e. The Morgan fingerprint density at radius 1 is 1.12 bits per heavy atom. The third kappa shape index (κ3) is 4.23. The van der Waals surface area contributed by atoms with Gasteiger partial charge in [-0.3, -0.25) is 5.32 Å². The van der Waals surface area contributed by atoms with Crippen LogP contribution in [0.5, 0.6) is 5.75 Å². The van der Waals surface area contributed by atoms with Crippen LogP contribution in [0, 0.1) is 6.92 Å². The van der Waals surface area contributed by atoms with Crippen molar-refractivity contribution in [2.45, 2.75) is 18.3 Å². The van der Waals surface area contributed by atoms with Crippen LogP contribution in [0.25, 0.3) is 21.9 Å². The number of guanidine groups is 1. The standard InChI is InChI=1S/C22H21N7O2S/c1-12-15-10-14(31-2)7-8-16(15)25-20(23-12)29-21-24-13(9-19(30)28-21)11-32-22-26-17-5-3-4-6-18(17)27-22/h3-10,19,30H,11H2,1-2H3,(H,26,27)(H2,23,24,25,28,29). The number of fused-ring (bicyclic) bond motifs is 2. The molecule has 162 valence electrons. The summed E-state index contributed by atoms with van der Waals surface area (Å²) in [6.07, 6.45) is 0.704. The fourth-order valence-electron chi connectivity index (χ4n) is 3.42. The van der Waals surface area contributed by atoms with Gasteiger partial charge in [0.1, 0.15) is 5.75 Å². The molecule has 10 heteroatoms. The number of ether oxygens (including phenoxy) is 1. The number of methoxy groups -OCH3 is 1. The van der Waals surface area contributed by atoms with Crippen LogP contribution in [0.15, 0.2) is 64.4 Å². The number of aliphatic hydroxyl groups excluding tert-OH is 1. The lowest BCUT2D eigenvalue weighted by Crippen LogP contribution is -2.36. The molecule has 3 heterocycles. The highest BCUT2D eigenvalue weighted by molar-refractivity contribution is 7.99. The summed E-state index contributed by atoms with van der Waals surface area (Å²) < 4.78 is 5.28. The maximum absolute atomic E-state index is 10.2. The average molecular weight is 448 g/mol. The number of aromatic nitrogens is 4. The molecule has 2 aromatic heterocycles. The number of H-pyrrole nitrogens is 1. The number of nitrogens with one attached hydrogen (secondary N) is 3. The van der Waals surface area contributed by atoms with Crippen LogP contribution in [0.3, 0.4) is 0 Å². The summed E-state index contributed by atoms with van der Waals surface area (Å²) in [7, 11) is 1.63. The van der Waals surface area contributed by atoms with Gasteiger partial charge in [-0.25, -0.2) is 19.9 Å². The predicted octanol–water partition coefficient (Wildman–Crippen LogP) is 3.19. The zero-order valence-electron chi connectivity index (χ0n) is 17.5. The molecule has 0 bridgehead atoms. The van der Waals surface area contributed by atoms with E-state index in [-0.39, 0.29) is 0 Å². The number of aromatic amines is 1. The van der Waals surface area contributed by atoms with E-state index >= 15 is 0 Å². The van der Waals surface area contributed by atoms with Crippen molar-refractivity contribution in [3.63, 3.8) is 0 Å². The molecule has 32 heavy (non-hydrogen) atoms. The molecule has 4 aromatic rings. The number of hydrogen-bond acceptors (Lipinski definition) is 9. The maximum Gasteiger partial charge on any atom is 0.230 e. The first-order valence-electron chi connectivity index (χ1n) is 9.98. The van der Waals surface area contributed by atoms with E-state index in [4.69, 9.17) is 4.74 Å². The Hall–Kier alpha value is -3.63. The van der Waals surface area contributed by atoms with Crippen LogP contribution in [-0.2, 0) is 0 Å². The minimum absolute atomic E-state index is 0.382. The molecule has 0 aliphatic carbocycles. The Morgan fingerprint density at radius 3 is 2.84 bits per heavy atom. The van der Waals surface area contributed by atoms with Crippen LogP contribution in [-0.4, -0.2) is 50.1 Å². The van der Waals surface area contributed by atoms with Crippen molar-refractivity contribution >= 4 is 45.6 Å². The van der Waals surface area contributed by atoms with Crippen molar-refractivity contribution in [2.24, 2.45) is 4.99 Å². The Bertz CT molecular complexity index is 1330. The summed E-state index contributed by atoms with van der Waals surface area (Å²) in [5.41, 5.74) is 4.32. The fourth-order valence-corrected chi connectivity index (χ4v) is 4.22. The molecular weight excluding hydrogens is 426 g/mol. The highest BCUT2D eigenvalue weighted by Crippen LogP contribution is 2.24. The van der Waals surface area contributed by atoms with E-state index in [9.17, 15) is 5.11 Å². The SMILES string of the molecule is COc1ccc2nc(NC3=NC(O)C=C(CSc4nc5ccccc5[nH]4)N3)nc(C)c2c1. The van der Waals surface area contributed by atoms with Crippen molar-refractivity contribution in [1.29, 1.82) is 0 Å². The van der Waals surface area contributed by atoms with Gasteiger partial charge in [0.2, 0.25) is 11.9 Å². The zero-order valence-corrected chi connectivity index (χ0v) is 18.3. The molecule has 2 aromatic carbocycles. The van der Waals surface area contributed by atoms with E-state index in [2.05, 4.69) is 35.6 Å². The largest absolute Gasteiger partial charge is 0.497 e. The summed E-state index contributed by atoms with van der Waals surface area (Å²) >= 11 is 1.54. The van der Waals surface area contributed by atoms with Crippen LogP contribution < -0.4 is 15.4 Å². The summed E-state index contributed by atoms with van der Waals surface area (Å²) in [5, 5.41) is 18.2. The van der Waals surface area contributed by atoms with Gasteiger partial charge in [0.05, 0.1) is 29.4 Å². The Kier molecular flexibility index (Phi) is 5.38. The molecule has 1 aliphatic heterocycles. The number of thioether (sulfide) groups is 1. The van der Waals surface area contributed by atoms with Crippen LogP contribution in [0.1, 0.15) is 5.69 Å². The highest BCUT2D eigenvalue weighted by atomic mass is 32.2. The van der Waals surface area contributed by atoms with Crippen molar-refractivity contribution < 1.29 is 9.84 Å². The first-order chi connectivity index (χ1) is 15.6. The van der Waals surface area contributed by atoms with E-state index in [1.807, 2.05) is 49.4 Å². The second-order valence-corrected chi connectivity index (χ2v) is 8.16. The van der Waals surface area contributed by atoms with Crippen LogP contribution in [0.4, 0.5) is 5.95 Å². The average Bonchev–Trinajstić information content (AvgIpc) is 3.20. The van der Waals surface area contributed by atoms with Gasteiger partial charge in [-0.05, 0) is 43.3 Å². The Labute approximate surface area is 188 Å². The lowest BCUT2D eigenvalue weighted by Gasteiger charge is -2.20. The van der Waals surface area contributed by atoms with Gasteiger partial charge in [-0.15, -0.1) is 0 Å². The van der Waals surface area contributed by atoms with Crippen LogP contribution in [0.2, 0.25) is 0 Å². The number of aryl methyl sites for hydroxylation is 1. The fraction of sp³-hybridized carbons (Fsp3) is 0.182. The predicted molar refractivity (Wildman–Crippen MR) is 126 cm³/mol. The number of benzene rings is 2. The molecule has 1 unspecified atom stereocenters. The Balaban J connectivity index is 1.28. The monoisotopic (exact) mass is 447 g/mol. The zero-order chi connectivity index (χ0) is 22.1. The summed E-state index contributed by atoms with van der Waals surface area (Å²) in [5.74, 6) is 2.11. The number of imidazole rings is 1. The molecular formula is C22H21N7O2S. The van der Waals surface area contributed by atoms with Gasteiger partial charge in [0.15, 0.2) is 11.4 Å². The molecule has 1 aliphatic rings. The molecule has 9 nitrogen and oxygen atoms in total. The number of aliphatic imine (C=N–C) groups is 1. The molecule has 4 N–H and O–H groups in total. The van der Waals surface area contributed by atoms with Gasteiger partial charge < -0.3 is 20.1 Å². The minimum Gasteiger partial charge on any atom is -0.497 e. The Morgan fingerprint density at radius 2 is 2.00 bits per heavy atom. The lowest BCUT2D eigenvalue weighted by atomic mass is 10.2. The third-order valence-corrected chi connectivity index (χ3v) is 5.87. The van der Waals surface area contributed by atoms with Gasteiger partial charge >= 0.3 is 0 Å². The van der Waals surface area contributed by atoms with Crippen molar-refractivity contribution in [3.8, 4) is 5.75 Å². The first-order valence-corrected chi connectivity index (χ1v) is 11.0. The highest BCUT2D eigenvalue weighted by Gasteiger charge is 2.16. The maximum atomic E-state index is 10.2. The molecule has 0 spiro atoms. The molecule has 0 saturated heterocycles. The van der Waals surface area contributed by atoms with Gasteiger partial charge in [0, 0.05) is 16.8 Å². The van der Waals surface area contributed by atoms with Crippen molar-refractivity contribution in [2.75, 3.05) is 18.2 Å². The number of rotatable bonds is 5. The van der Waals surface area contributed by atoms with Crippen molar-refractivity contribution in [3.05, 3.63) is 59.9 Å². The normalized spacial score (nSPS) is 15.9. The topological polar surface area (TPSA) is 120 Å². The van der Waals surface area contributed by atoms with E-state index in [1.165, 1.54) is 11.8 Å².